The van der Waals surface area contributed by atoms with E-state index in [-0.39, 0.29) is 16.6 Å². The van der Waals surface area contributed by atoms with Crippen LogP contribution in [-0.4, -0.2) is 52.0 Å². The van der Waals surface area contributed by atoms with Crippen LogP contribution in [0.1, 0.15) is 24.8 Å². The number of benzene rings is 2. The van der Waals surface area contributed by atoms with E-state index < -0.39 is 10.0 Å². The van der Waals surface area contributed by atoms with Crippen molar-refractivity contribution in [2.45, 2.75) is 24.2 Å². The molecular weight excluding hydrogens is 432 g/mol. The first-order valence-electron chi connectivity index (χ1n) is 10.5. The van der Waals surface area contributed by atoms with Crippen molar-refractivity contribution in [3.63, 3.8) is 0 Å². The molecule has 0 radical (unpaired) electrons. The Kier molecular flexibility index (Phi) is 6.66. The number of piperidine rings is 1. The van der Waals surface area contributed by atoms with Gasteiger partial charge in [-0.25, -0.2) is 8.42 Å². The third-order valence-electron chi connectivity index (χ3n) is 5.36. The number of carbonyl (C=O) groups is 1. The fourth-order valence-corrected chi connectivity index (χ4v) is 5.43. The summed E-state index contributed by atoms with van der Waals surface area (Å²) in [5.74, 6) is 1.16. The average molecular weight is 459 g/mol. The highest BCUT2D eigenvalue weighted by Gasteiger charge is 2.29. The van der Waals surface area contributed by atoms with E-state index in [0.717, 1.165) is 19.3 Å². The second-order valence-corrected chi connectivity index (χ2v) is 9.46. The number of anilines is 1. The van der Waals surface area contributed by atoms with E-state index in [9.17, 15) is 13.2 Å². The summed E-state index contributed by atoms with van der Waals surface area (Å²) in [7, 11) is -2.23. The van der Waals surface area contributed by atoms with Gasteiger partial charge in [0, 0.05) is 30.9 Å². The van der Waals surface area contributed by atoms with Crippen molar-refractivity contribution in [1.82, 2.24) is 4.31 Å². The van der Waals surface area contributed by atoms with Crippen molar-refractivity contribution < 1.29 is 27.4 Å². The molecule has 1 fully saturated rings. The van der Waals surface area contributed by atoms with Crippen LogP contribution in [0.3, 0.4) is 0 Å². The van der Waals surface area contributed by atoms with Crippen molar-refractivity contribution in [1.29, 1.82) is 0 Å². The van der Waals surface area contributed by atoms with Gasteiger partial charge >= 0.3 is 0 Å². The first kappa shape index (κ1) is 22.2. The number of sulfonamides is 1. The maximum atomic E-state index is 13.1. The molecule has 170 valence electrons. The molecule has 2 aromatic rings. The Morgan fingerprint density at radius 1 is 1.03 bits per heavy atom. The summed E-state index contributed by atoms with van der Waals surface area (Å²) in [5, 5.41) is 2.77. The van der Waals surface area contributed by atoms with E-state index in [4.69, 9.17) is 14.2 Å². The molecule has 2 aliphatic rings. The zero-order valence-corrected chi connectivity index (χ0v) is 18.7. The standard InChI is InChI=1S/C23H26N2O6S/c1-29-20-8-5-17(15-22(20)32(27,28)25-11-3-2-4-12-25)6-10-23(26)24-18-7-9-19-21(16-18)31-14-13-30-19/h5-10,15-16H,2-4,11-14H2,1H3,(H,24,26). The normalized spacial score (nSPS) is 16.7. The molecule has 0 aromatic heterocycles. The van der Waals surface area contributed by atoms with Crippen LogP contribution in [0.4, 0.5) is 5.69 Å². The summed E-state index contributed by atoms with van der Waals surface area (Å²) in [6.07, 6.45) is 5.66. The van der Waals surface area contributed by atoms with Crippen LogP contribution in [0.5, 0.6) is 17.2 Å². The number of fused-ring (bicyclic) bond motifs is 1. The quantitative estimate of drug-likeness (QED) is 0.668. The molecule has 0 aliphatic carbocycles. The lowest BCUT2D eigenvalue weighted by Gasteiger charge is -2.26. The zero-order valence-electron chi connectivity index (χ0n) is 17.9. The highest BCUT2D eigenvalue weighted by Crippen LogP contribution is 2.33. The van der Waals surface area contributed by atoms with Crippen LogP contribution in [0.25, 0.3) is 6.08 Å². The molecule has 2 aromatic carbocycles. The Hall–Kier alpha value is -3.04. The highest BCUT2D eigenvalue weighted by molar-refractivity contribution is 7.89. The maximum absolute atomic E-state index is 13.1. The molecule has 0 spiro atoms. The number of rotatable bonds is 6. The number of nitrogens with one attached hydrogen (secondary N) is 1. The van der Waals surface area contributed by atoms with Crippen molar-refractivity contribution in [2.75, 3.05) is 38.7 Å². The minimum Gasteiger partial charge on any atom is -0.495 e. The van der Waals surface area contributed by atoms with E-state index in [1.165, 1.54) is 23.6 Å². The molecule has 32 heavy (non-hydrogen) atoms. The minimum atomic E-state index is -3.68. The van der Waals surface area contributed by atoms with Crippen LogP contribution in [0, 0.1) is 0 Å². The van der Waals surface area contributed by atoms with Gasteiger partial charge in [-0.15, -0.1) is 0 Å². The van der Waals surface area contributed by atoms with Gasteiger partial charge in [0.15, 0.2) is 11.5 Å². The van der Waals surface area contributed by atoms with Gasteiger partial charge in [-0.05, 0) is 48.7 Å². The summed E-state index contributed by atoms with van der Waals surface area (Å²) >= 11 is 0. The largest absolute Gasteiger partial charge is 0.495 e. The predicted molar refractivity (Wildman–Crippen MR) is 121 cm³/mol. The Morgan fingerprint density at radius 3 is 2.53 bits per heavy atom. The summed E-state index contributed by atoms with van der Waals surface area (Å²) in [4.78, 5) is 12.5. The zero-order chi connectivity index (χ0) is 22.6. The lowest BCUT2D eigenvalue weighted by Crippen LogP contribution is -2.35. The fourth-order valence-electron chi connectivity index (χ4n) is 3.72. The molecular formula is C23H26N2O6S. The van der Waals surface area contributed by atoms with Crippen LogP contribution < -0.4 is 19.5 Å². The number of methoxy groups -OCH3 is 1. The number of ether oxygens (including phenoxy) is 3. The molecule has 0 saturated carbocycles. The second kappa shape index (κ2) is 9.62. The van der Waals surface area contributed by atoms with Crippen molar-refractivity contribution in [3.05, 3.63) is 48.0 Å². The number of carbonyl (C=O) groups excluding carboxylic acids is 1. The third-order valence-corrected chi connectivity index (χ3v) is 7.28. The monoisotopic (exact) mass is 458 g/mol. The van der Waals surface area contributed by atoms with Crippen LogP contribution in [-0.2, 0) is 14.8 Å². The molecule has 4 rings (SSSR count). The molecule has 1 saturated heterocycles. The van der Waals surface area contributed by atoms with E-state index >= 15 is 0 Å². The lowest BCUT2D eigenvalue weighted by atomic mass is 10.2. The highest BCUT2D eigenvalue weighted by atomic mass is 32.2. The molecule has 9 heteroatoms. The molecule has 0 unspecified atom stereocenters. The first-order valence-corrected chi connectivity index (χ1v) is 12.0. The van der Waals surface area contributed by atoms with E-state index in [1.807, 2.05) is 0 Å². The predicted octanol–water partition coefficient (Wildman–Crippen LogP) is 3.29. The molecule has 1 N–H and O–H groups in total. The number of nitrogens with zero attached hydrogens (tertiary/aromatic N) is 1. The molecule has 0 bridgehead atoms. The van der Waals surface area contributed by atoms with E-state index in [1.54, 1.807) is 36.4 Å². The first-order chi connectivity index (χ1) is 15.5. The van der Waals surface area contributed by atoms with Crippen LogP contribution in [0.15, 0.2) is 47.4 Å². The molecule has 1 amide bonds. The summed E-state index contributed by atoms with van der Waals surface area (Å²) < 4.78 is 44.1. The van der Waals surface area contributed by atoms with Gasteiger partial charge < -0.3 is 19.5 Å². The Labute approximate surface area is 187 Å². The van der Waals surface area contributed by atoms with Gasteiger partial charge in [0.25, 0.3) is 0 Å². The van der Waals surface area contributed by atoms with Gasteiger partial charge in [0.2, 0.25) is 15.9 Å². The maximum Gasteiger partial charge on any atom is 0.248 e. The Morgan fingerprint density at radius 2 is 1.78 bits per heavy atom. The molecule has 0 atom stereocenters. The topological polar surface area (TPSA) is 94.2 Å². The minimum absolute atomic E-state index is 0.108. The number of hydrogen-bond donors (Lipinski definition) is 1. The van der Waals surface area contributed by atoms with Gasteiger partial charge in [-0.1, -0.05) is 12.5 Å². The second-order valence-electron chi connectivity index (χ2n) is 7.56. The van der Waals surface area contributed by atoms with Gasteiger partial charge in [-0.2, -0.15) is 4.31 Å². The number of hydrogen-bond acceptors (Lipinski definition) is 6. The van der Waals surface area contributed by atoms with Crippen molar-refractivity contribution in [2.24, 2.45) is 0 Å². The van der Waals surface area contributed by atoms with Gasteiger partial charge in [0.05, 0.1) is 7.11 Å². The number of amides is 1. The van der Waals surface area contributed by atoms with Gasteiger partial charge in [-0.3, -0.25) is 4.79 Å². The molecule has 2 aliphatic heterocycles. The van der Waals surface area contributed by atoms with E-state index in [2.05, 4.69) is 5.32 Å². The van der Waals surface area contributed by atoms with E-state index in [0.29, 0.717) is 49.1 Å². The lowest BCUT2D eigenvalue weighted by molar-refractivity contribution is -0.111. The SMILES string of the molecule is COc1ccc(C=CC(=O)Nc2ccc3c(c2)OCCO3)cc1S(=O)(=O)N1CCCCC1. The average Bonchev–Trinajstić information content (AvgIpc) is 2.83. The van der Waals surface area contributed by atoms with Gasteiger partial charge in [0.1, 0.15) is 23.9 Å². The van der Waals surface area contributed by atoms with Crippen molar-refractivity contribution in [3.8, 4) is 17.2 Å². The fraction of sp³-hybridized carbons (Fsp3) is 0.348. The van der Waals surface area contributed by atoms with Crippen molar-refractivity contribution >= 4 is 27.7 Å². The summed E-state index contributed by atoms with van der Waals surface area (Å²) in [6.45, 7) is 1.97. The Balaban J connectivity index is 1.50. The molecule has 2 heterocycles. The smallest absolute Gasteiger partial charge is 0.248 e. The summed E-state index contributed by atoms with van der Waals surface area (Å²) in [5.41, 5.74) is 1.16. The molecule has 8 nitrogen and oxygen atoms in total. The third kappa shape index (κ3) is 4.89. The Bertz CT molecular complexity index is 1120. The van der Waals surface area contributed by atoms with Crippen LogP contribution in [0.2, 0.25) is 0 Å². The summed E-state index contributed by atoms with van der Waals surface area (Å²) in [6, 6.07) is 10.0. The van der Waals surface area contributed by atoms with Crippen LogP contribution >= 0.6 is 0 Å².